The Balaban J connectivity index is 2.06. The van der Waals surface area contributed by atoms with Gasteiger partial charge in [-0.3, -0.25) is 4.79 Å². The lowest BCUT2D eigenvalue weighted by molar-refractivity contribution is 0.0717. The second kappa shape index (κ2) is 4.86. The average molecular weight is 283 g/mol. The van der Waals surface area contributed by atoms with E-state index in [1.165, 1.54) is 12.1 Å². The van der Waals surface area contributed by atoms with E-state index in [1.807, 2.05) is 0 Å². The zero-order chi connectivity index (χ0) is 15.0. The minimum Gasteiger partial charge on any atom is -0.422 e. The van der Waals surface area contributed by atoms with E-state index >= 15 is 0 Å². The molecule has 104 valence electrons. The fourth-order valence-corrected chi connectivity index (χ4v) is 2.17. The fraction of sp³-hybridized carbons (Fsp3) is 0. The Bertz CT molecular complexity index is 796. The van der Waals surface area contributed by atoms with Gasteiger partial charge in [0.2, 0.25) is 0 Å². The molecule has 0 aromatic heterocycles. The number of fused-ring (bicyclic) bond motifs is 1. The first kappa shape index (κ1) is 13.1. The van der Waals surface area contributed by atoms with E-state index in [2.05, 4.69) is 0 Å². The largest absolute Gasteiger partial charge is 0.422 e. The van der Waals surface area contributed by atoms with E-state index in [4.69, 9.17) is 10.5 Å². The predicted molar refractivity (Wildman–Crippen MR) is 74.6 cm³/mol. The Morgan fingerprint density at radius 3 is 2.57 bits per heavy atom. The molecule has 2 aromatic carbocycles. The van der Waals surface area contributed by atoms with Gasteiger partial charge in [0.15, 0.2) is 0 Å². The molecule has 3 rings (SSSR count). The van der Waals surface area contributed by atoms with E-state index in [1.54, 1.807) is 30.3 Å². The van der Waals surface area contributed by atoms with Crippen LogP contribution in [0.2, 0.25) is 0 Å². The zero-order valence-corrected chi connectivity index (χ0v) is 10.8. The Labute approximate surface area is 119 Å². The second-order valence-corrected chi connectivity index (χ2v) is 4.55. The predicted octanol–water partition coefficient (Wildman–Crippen LogP) is 2.59. The number of esters is 1. The minimum atomic E-state index is -0.850. The molecular weight excluding hydrogens is 273 g/mol. The molecule has 0 unspecified atom stereocenters. The smallest absolute Gasteiger partial charge is 0.344 e. The van der Waals surface area contributed by atoms with Crippen LogP contribution in [0.3, 0.4) is 0 Å². The first-order valence-electron chi connectivity index (χ1n) is 6.19. The van der Waals surface area contributed by atoms with Gasteiger partial charge in [0, 0.05) is 5.56 Å². The van der Waals surface area contributed by atoms with Crippen LogP contribution in [-0.2, 0) is 4.74 Å². The summed E-state index contributed by atoms with van der Waals surface area (Å²) < 4.78 is 18.6. The normalized spacial score (nSPS) is 14.9. The summed E-state index contributed by atoms with van der Waals surface area (Å²) in [5.74, 6) is -1.61. The molecule has 4 nitrogen and oxygen atoms in total. The Morgan fingerprint density at radius 1 is 1.14 bits per heavy atom. The van der Waals surface area contributed by atoms with Gasteiger partial charge in [0.1, 0.15) is 11.6 Å². The number of hydrogen-bond donors (Lipinski definition) is 1. The van der Waals surface area contributed by atoms with Crippen molar-refractivity contribution in [3.8, 4) is 0 Å². The molecule has 1 amide bonds. The molecular formula is C16H10FNO3. The summed E-state index contributed by atoms with van der Waals surface area (Å²) in [7, 11) is 0. The molecule has 21 heavy (non-hydrogen) atoms. The number of carbonyl (C=O) groups is 2. The van der Waals surface area contributed by atoms with Gasteiger partial charge in [-0.15, -0.1) is 0 Å². The van der Waals surface area contributed by atoms with E-state index < -0.39 is 17.7 Å². The molecule has 0 aliphatic carbocycles. The molecule has 0 atom stereocenters. The summed E-state index contributed by atoms with van der Waals surface area (Å²) in [6.45, 7) is 0. The zero-order valence-electron chi connectivity index (χ0n) is 10.8. The maximum Gasteiger partial charge on any atom is 0.344 e. The minimum absolute atomic E-state index is 0.207. The summed E-state index contributed by atoms with van der Waals surface area (Å²) in [6, 6.07) is 10.9. The van der Waals surface area contributed by atoms with Crippen LogP contribution in [0, 0.1) is 5.82 Å². The SMILES string of the molecule is NC(=O)c1cc(C=C2OC(=O)c3ccccc32)ccc1F. The average Bonchev–Trinajstić information content (AvgIpc) is 2.78. The van der Waals surface area contributed by atoms with Crippen LogP contribution < -0.4 is 5.73 Å². The highest BCUT2D eigenvalue weighted by Crippen LogP contribution is 2.31. The first-order valence-corrected chi connectivity index (χ1v) is 6.19. The molecule has 1 aliphatic heterocycles. The van der Waals surface area contributed by atoms with Crippen molar-refractivity contribution in [1.82, 2.24) is 0 Å². The number of primary amides is 1. The third kappa shape index (κ3) is 2.29. The summed E-state index contributed by atoms with van der Waals surface area (Å²) >= 11 is 0. The monoisotopic (exact) mass is 283 g/mol. The Kier molecular flexibility index (Phi) is 3.02. The van der Waals surface area contributed by atoms with Crippen molar-refractivity contribution in [2.24, 2.45) is 5.73 Å². The van der Waals surface area contributed by atoms with Crippen LogP contribution in [0.5, 0.6) is 0 Å². The van der Waals surface area contributed by atoms with Crippen molar-refractivity contribution < 1.29 is 18.7 Å². The maximum atomic E-state index is 13.4. The van der Waals surface area contributed by atoms with Gasteiger partial charge < -0.3 is 10.5 Å². The lowest BCUT2D eigenvalue weighted by Crippen LogP contribution is -2.13. The van der Waals surface area contributed by atoms with Crippen LogP contribution in [-0.4, -0.2) is 11.9 Å². The second-order valence-electron chi connectivity index (χ2n) is 4.55. The van der Waals surface area contributed by atoms with Crippen LogP contribution in [0.1, 0.15) is 31.8 Å². The van der Waals surface area contributed by atoms with Crippen molar-refractivity contribution in [3.05, 3.63) is 70.5 Å². The van der Waals surface area contributed by atoms with E-state index in [0.717, 1.165) is 6.07 Å². The van der Waals surface area contributed by atoms with Gasteiger partial charge in [-0.05, 0) is 29.8 Å². The van der Waals surface area contributed by atoms with Gasteiger partial charge in [0.05, 0.1) is 11.1 Å². The van der Waals surface area contributed by atoms with Crippen LogP contribution in [0.25, 0.3) is 11.8 Å². The highest BCUT2D eigenvalue weighted by molar-refractivity contribution is 6.05. The fourth-order valence-electron chi connectivity index (χ4n) is 2.17. The summed E-state index contributed by atoms with van der Waals surface area (Å²) in [5.41, 5.74) is 6.55. The summed E-state index contributed by atoms with van der Waals surface area (Å²) in [4.78, 5) is 22.8. The number of halogens is 1. The number of cyclic esters (lactones) is 1. The number of ether oxygens (including phenoxy) is 1. The van der Waals surface area contributed by atoms with Gasteiger partial charge in [-0.1, -0.05) is 24.3 Å². The molecule has 0 spiro atoms. The number of nitrogens with two attached hydrogens (primary N) is 1. The Hall–Kier alpha value is -2.95. The molecule has 0 bridgehead atoms. The van der Waals surface area contributed by atoms with Crippen molar-refractivity contribution >= 4 is 23.7 Å². The molecule has 2 aromatic rings. The third-order valence-corrected chi connectivity index (χ3v) is 3.17. The van der Waals surface area contributed by atoms with E-state index in [9.17, 15) is 14.0 Å². The van der Waals surface area contributed by atoms with Crippen LogP contribution in [0.15, 0.2) is 42.5 Å². The number of carbonyl (C=O) groups excluding carboxylic acids is 2. The van der Waals surface area contributed by atoms with Crippen LogP contribution >= 0.6 is 0 Å². The molecule has 1 heterocycles. The standard InChI is InChI=1S/C16H10FNO3/c17-13-6-5-9(7-12(13)15(18)19)8-14-10-3-1-2-4-11(10)16(20)21-14/h1-8H,(H2,18,19). The summed E-state index contributed by atoms with van der Waals surface area (Å²) in [6.07, 6.45) is 1.57. The number of amides is 1. The number of hydrogen-bond acceptors (Lipinski definition) is 3. The third-order valence-electron chi connectivity index (χ3n) is 3.17. The lowest BCUT2D eigenvalue weighted by Gasteiger charge is -2.02. The molecule has 2 N–H and O–H groups in total. The molecule has 5 heteroatoms. The highest BCUT2D eigenvalue weighted by Gasteiger charge is 2.25. The van der Waals surface area contributed by atoms with E-state index in [0.29, 0.717) is 22.4 Å². The van der Waals surface area contributed by atoms with Gasteiger partial charge in [0.25, 0.3) is 5.91 Å². The number of rotatable bonds is 2. The quantitative estimate of drug-likeness (QED) is 0.861. The number of benzene rings is 2. The maximum absolute atomic E-state index is 13.4. The Morgan fingerprint density at radius 2 is 1.86 bits per heavy atom. The first-order chi connectivity index (χ1) is 10.1. The molecule has 0 saturated carbocycles. The lowest BCUT2D eigenvalue weighted by atomic mass is 10.0. The van der Waals surface area contributed by atoms with Crippen LogP contribution in [0.4, 0.5) is 4.39 Å². The van der Waals surface area contributed by atoms with Crippen molar-refractivity contribution in [3.63, 3.8) is 0 Å². The topological polar surface area (TPSA) is 69.4 Å². The van der Waals surface area contributed by atoms with E-state index in [-0.39, 0.29) is 5.56 Å². The van der Waals surface area contributed by atoms with Crippen molar-refractivity contribution in [2.45, 2.75) is 0 Å². The molecule has 0 radical (unpaired) electrons. The molecule has 0 fully saturated rings. The highest BCUT2D eigenvalue weighted by atomic mass is 19.1. The molecule has 1 aliphatic rings. The van der Waals surface area contributed by atoms with Gasteiger partial charge >= 0.3 is 5.97 Å². The molecule has 0 saturated heterocycles. The summed E-state index contributed by atoms with van der Waals surface area (Å²) in [5, 5.41) is 0. The van der Waals surface area contributed by atoms with Crippen molar-refractivity contribution in [1.29, 1.82) is 0 Å². The van der Waals surface area contributed by atoms with Crippen molar-refractivity contribution in [2.75, 3.05) is 0 Å². The van der Waals surface area contributed by atoms with Gasteiger partial charge in [-0.25, -0.2) is 9.18 Å². The van der Waals surface area contributed by atoms with Gasteiger partial charge in [-0.2, -0.15) is 0 Å².